The van der Waals surface area contributed by atoms with E-state index in [2.05, 4.69) is 20.5 Å². The van der Waals surface area contributed by atoms with Crippen molar-refractivity contribution in [1.82, 2.24) is 15.5 Å². The van der Waals surface area contributed by atoms with Crippen molar-refractivity contribution in [2.75, 3.05) is 51.3 Å². The number of nitrogens with zero attached hydrogens (tertiary/aromatic N) is 2. The van der Waals surface area contributed by atoms with Gasteiger partial charge in [-0.05, 0) is 24.5 Å². The SMILES string of the molecule is CN=C(NCCN1CCS(=O)(=O)CC1)NCC1(c2ccccc2F)CC1.I. The van der Waals surface area contributed by atoms with Crippen molar-refractivity contribution in [2.45, 2.75) is 18.3 Å². The molecule has 1 aliphatic heterocycles. The number of aliphatic imine (C=N–C) groups is 1. The molecular weight excluding hydrogens is 482 g/mol. The summed E-state index contributed by atoms with van der Waals surface area (Å²) in [7, 11) is -1.12. The van der Waals surface area contributed by atoms with Crippen molar-refractivity contribution in [3.8, 4) is 0 Å². The van der Waals surface area contributed by atoms with Crippen LogP contribution in [0, 0.1) is 5.82 Å². The minimum absolute atomic E-state index is 0. The first kappa shape index (κ1) is 22.4. The van der Waals surface area contributed by atoms with Gasteiger partial charge in [-0.1, -0.05) is 18.2 Å². The minimum Gasteiger partial charge on any atom is -0.356 e. The number of halogens is 2. The van der Waals surface area contributed by atoms with Crippen LogP contribution in [0.3, 0.4) is 0 Å². The topological polar surface area (TPSA) is 73.8 Å². The fourth-order valence-corrected chi connectivity index (χ4v) is 4.64. The number of guanidine groups is 1. The van der Waals surface area contributed by atoms with Gasteiger partial charge in [0.25, 0.3) is 0 Å². The molecule has 0 unspecified atom stereocenters. The summed E-state index contributed by atoms with van der Waals surface area (Å²) in [6.45, 7) is 3.29. The molecule has 0 bridgehead atoms. The van der Waals surface area contributed by atoms with Crippen LogP contribution in [0.2, 0.25) is 0 Å². The van der Waals surface area contributed by atoms with E-state index in [1.807, 2.05) is 12.1 Å². The molecule has 1 saturated heterocycles. The Morgan fingerprint density at radius 1 is 1.22 bits per heavy atom. The maximum Gasteiger partial charge on any atom is 0.191 e. The van der Waals surface area contributed by atoms with E-state index in [9.17, 15) is 12.8 Å². The molecule has 27 heavy (non-hydrogen) atoms. The highest BCUT2D eigenvalue weighted by Gasteiger charge is 2.45. The van der Waals surface area contributed by atoms with Gasteiger partial charge in [-0.15, -0.1) is 24.0 Å². The third kappa shape index (κ3) is 6.02. The Bertz CT molecular complexity index is 754. The molecule has 152 valence electrons. The third-order valence-corrected chi connectivity index (χ3v) is 6.88. The van der Waals surface area contributed by atoms with Crippen LogP contribution in [-0.4, -0.2) is 70.6 Å². The first-order valence-corrected chi connectivity index (χ1v) is 10.9. The van der Waals surface area contributed by atoms with Crippen LogP contribution in [0.5, 0.6) is 0 Å². The Labute approximate surface area is 177 Å². The standard InChI is InChI=1S/C18H27FN4O2S.HI/c1-20-17(21-8-9-23-10-12-26(24,25)13-11-23)22-14-18(6-7-18)15-4-2-3-5-16(15)19;/h2-5H,6-14H2,1H3,(H2,20,21,22);1H. The molecular formula is C18H28FIN4O2S. The highest BCUT2D eigenvalue weighted by Crippen LogP contribution is 2.48. The van der Waals surface area contributed by atoms with Crippen LogP contribution >= 0.6 is 24.0 Å². The predicted octanol–water partition coefficient (Wildman–Crippen LogP) is 1.37. The first-order valence-electron chi connectivity index (χ1n) is 9.06. The summed E-state index contributed by atoms with van der Waals surface area (Å²) in [5.41, 5.74) is 0.641. The first-order chi connectivity index (χ1) is 12.4. The largest absolute Gasteiger partial charge is 0.356 e. The van der Waals surface area contributed by atoms with Crippen LogP contribution in [0.4, 0.5) is 4.39 Å². The van der Waals surface area contributed by atoms with Crippen LogP contribution in [0.1, 0.15) is 18.4 Å². The Morgan fingerprint density at radius 2 is 1.89 bits per heavy atom. The summed E-state index contributed by atoms with van der Waals surface area (Å²) in [6, 6.07) is 6.98. The van der Waals surface area contributed by atoms with Crippen LogP contribution in [-0.2, 0) is 15.3 Å². The molecule has 1 aromatic rings. The number of benzene rings is 1. The predicted molar refractivity (Wildman–Crippen MR) is 117 cm³/mol. The van der Waals surface area contributed by atoms with Gasteiger partial charge in [-0.2, -0.15) is 0 Å². The van der Waals surface area contributed by atoms with Gasteiger partial charge in [0.1, 0.15) is 5.82 Å². The number of hydrogen-bond donors (Lipinski definition) is 2. The van der Waals surface area contributed by atoms with Gasteiger partial charge < -0.3 is 10.6 Å². The number of nitrogens with one attached hydrogen (secondary N) is 2. The van der Waals surface area contributed by atoms with Crippen molar-refractivity contribution in [3.05, 3.63) is 35.6 Å². The average Bonchev–Trinajstić information content (AvgIpc) is 3.40. The van der Waals surface area contributed by atoms with Crippen LogP contribution < -0.4 is 10.6 Å². The van der Waals surface area contributed by atoms with Gasteiger partial charge in [-0.3, -0.25) is 9.89 Å². The van der Waals surface area contributed by atoms with E-state index < -0.39 is 9.84 Å². The molecule has 0 spiro atoms. The minimum atomic E-state index is -2.84. The molecule has 1 saturated carbocycles. The molecule has 2 aliphatic rings. The van der Waals surface area contributed by atoms with Crippen LogP contribution in [0.25, 0.3) is 0 Å². The Hall–Kier alpha value is -0.940. The molecule has 2 fully saturated rings. The zero-order chi connectivity index (χ0) is 18.6. The average molecular weight is 510 g/mol. The normalized spacial score (nSPS) is 21.2. The zero-order valence-electron chi connectivity index (χ0n) is 15.6. The summed E-state index contributed by atoms with van der Waals surface area (Å²) < 4.78 is 37.0. The third-order valence-electron chi connectivity index (χ3n) is 5.27. The Morgan fingerprint density at radius 3 is 2.48 bits per heavy atom. The Kier molecular flexibility index (Phi) is 7.87. The molecule has 1 aromatic carbocycles. The van der Waals surface area contributed by atoms with Crippen LogP contribution in [0.15, 0.2) is 29.3 Å². The summed E-state index contributed by atoms with van der Waals surface area (Å²) >= 11 is 0. The molecule has 1 aliphatic carbocycles. The van der Waals surface area contributed by atoms with Crippen molar-refractivity contribution in [1.29, 1.82) is 0 Å². The van der Waals surface area contributed by atoms with Crippen molar-refractivity contribution in [3.63, 3.8) is 0 Å². The highest BCUT2D eigenvalue weighted by atomic mass is 127. The highest BCUT2D eigenvalue weighted by molar-refractivity contribution is 14.0. The van der Waals surface area contributed by atoms with E-state index >= 15 is 0 Å². The van der Waals surface area contributed by atoms with E-state index in [-0.39, 0.29) is 46.7 Å². The quantitative estimate of drug-likeness (QED) is 0.344. The molecule has 2 N–H and O–H groups in total. The fourth-order valence-electron chi connectivity index (χ4n) is 3.36. The smallest absolute Gasteiger partial charge is 0.191 e. The maximum atomic E-state index is 14.1. The lowest BCUT2D eigenvalue weighted by molar-refractivity contribution is 0.299. The molecule has 6 nitrogen and oxygen atoms in total. The van der Waals surface area contributed by atoms with Gasteiger partial charge >= 0.3 is 0 Å². The van der Waals surface area contributed by atoms with E-state index in [0.717, 1.165) is 24.9 Å². The maximum absolute atomic E-state index is 14.1. The summed E-state index contributed by atoms with van der Waals surface area (Å²) in [4.78, 5) is 6.37. The van der Waals surface area contributed by atoms with Crippen molar-refractivity contribution in [2.24, 2.45) is 4.99 Å². The molecule has 0 aromatic heterocycles. The van der Waals surface area contributed by atoms with Crippen molar-refractivity contribution < 1.29 is 12.8 Å². The summed E-state index contributed by atoms with van der Waals surface area (Å²) in [5, 5.41) is 6.56. The van der Waals surface area contributed by atoms with Gasteiger partial charge in [0.15, 0.2) is 15.8 Å². The monoisotopic (exact) mass is 510 g/mol. The number of hydrogen-bond acceptors (Lipinski definition) is 4. The fraction of sp³-hybridized carbons (Fsp3) is 0.611. The van der Waals surface area contributed by atoms with E-state index in [0.29, 0.717) is 32.1 Å². The number of rotatable bonds is 6. The lowest BCUT2D eigenvalue weighted by atomic mass is 9.95. The van der Waals surface area contributed by atoms with Gasteiger partial charge in [0, 0.05) is 45.2 Å². The van der Waals surface area contributed by atoms with Gasteiger partial charge in [0.2, 0.25) is 0 Å². The number of sulfone groups is 1. The van der Waals surface area contributed by atoms with E-state index in [1.54, 1.807) is 13.1 Å². The van der Waals surface area contributed by atoms with E-state index in [1.165, 1.54) is 6.07 Å². The molecule has 1 heterocycles. The molecule has 0 atom stereocenters. The Balaban J connectivity index is 0.00000261. The molecule has 0 amide bonds. The summed E-state index contributed by atoms with van der Waals surface area (Å²) in [6.07, 6.45) is 1.94. The van der Waals surface area contributed by atoms with Gasteiger partial charge in [0.05, 0.1) is 11.5 Å². The molecule has 3 rings (SSSR count). The zero-order valence-corrected chi connectivity index (χ0v) is 18.7. The second kappa shape index (κ2) is 9.51. The summed E-state index contributed by atoms with van der Waals surface area (Å²) in [5.74, 6) is 1.03. The molecule has 9 heteroatoms. The lowest BCUT2D eigenvalue weighted by Gasteiger charge is -2.27. The second-order valence-electron chi connectivity index (χ2n) is 7.11. The molecule has 0 radical (unpaired) electrons. The van der Waals surface area contributed by atoms with Crippen molar-refractivity contribution >= 4 is 39.8 Å². The van der Waals surface area contributed by atoms with E-state index in [4.69, 9.17) is 0 Å². The lowest BCUT2D eigenvalue weighted by Crippen LogP contribution is -2.47. The second-order valence-corrected chi connectivity index (χ2v) is 9.41. The van der Waals surface area contributed by atoms with Gasteiger partial charge in [-0.25, -0.2) is 12.8 Å².